The molecule has 34 nitrogen and oxygen atoms in total. The number of aliphatic hydroxyl groups excluding tert-OH is 1. The van der Waals surface area contributed by atoms with Crippen molar-refractivity contribution < 1.29 is 92.0 Å². The van der Waals surface area contributed by atoms with Crippen LogP contribution in [0.1, 0.15) is 130 Å². The summed E-state index contributed by atoms with van der Waals surface area (Å²) >= 11 is 4.53. The maximum atomic E-state index is 15.3. The number of phenols is 1. The molecule has 564 valence electrons. The van der Waals surface area contributed by atoms with Gasteiger partial charge < -0.3 is 86.0 Å². The monoisotopic (exact) mass is 1570 g/mol. The van der Waals surface area contributed by atoms with E-state index in [1.54, 1.807) is 42.3 Å². The van der Waals surface area contributed by atoms with Crippen LogP contribution in [0.15, 0.2) is 81.2 Å². The minimum Gasteiger partial charge on any atom is -0.508 e. The Bertz CT molecular complexity index is 5110. The average Bonchev–Trinajstić information content (AvgIpc) is 1.59. The topological polar surface area (TPSA) is 457 Å². The van der Waals surface area contributed by atoms with E-state index in [2.05, 4.69) is 41.5 Å². The molecule has 11 atom stereocenters. The summed E-state index contributed by atoms with van der Waals surface area (Å²) in [7, 11) is 4.87. The number of amides is 6. The summed E-state index contributed by atoms with van der Waals surface area (Å²) in [4.78, 5) is 149. The predicted molar refractivity (Wildman–Crippen MR) is 387 cm³/mol. The number of methoxy groups -OCH3 is 1. The molecule has 11 unspecified atom stereocenters. The maximum Gasteiger partial charge on any atom is 0.358 e. The zero-order chi connectivity index (χ0) is 76.3. The molecule has 2 saturated heterocycles. The average molecular weight is 1570 g/mol. The number of aromatic nitrogens is 7. The summed E-state index contributed by atoms with van der Waals surface area (Å²) in [5.74, 6) is -7.95. The molecule has 12 bridgehead atoms. The first-order chi connectivity index (χ1) is 51.7. The van der Waals surface area contributed by atoms with E-state index in [-0.39, 0.29) is 136 Å². The highest BCUT2D eigenvalue weighted by Crippen LogP contribution is 2.44. The van der Waals surface area contributed by atoms with Gasteiger partial charge >= 0.3 is 11.9 Å². The summed E-state index contributed by atoms with van der Waals surface area (Å²) in [6.45, 7) is 5.12. The van der Waals surface area contributed by atoms with E-state index in [0.717, 1.165) is 56.7 Å². The second-order valence-corrected chi connectivity index (χ2v) is 30.7. The standard InChI is InChI=1S/C69H69N15O19S5/c1-28(85)47-61(93)80-48(29(2)97-7)64-75-41(26-106-64)60(92)81-51-53-54(103-45-16-69(4)55(30(3)102-45)83(6)27-101-69)68(95)99-19-32-12-10-13-42-46(32)34(20-98-53)52(84(42)96)67(94)100-21-36(72-58(90)39-25-108-66(51)77-39)63-73-37(22-105-63)49-33(62-74-40(23-104-62)59(91)79-47)15-44(87)50(78-49)65-76-38(24-107-65)57(89)71-35(56(70)88)18-82(5)17-31-11-8-9-14-43(31)86/h8-15,22-26,28,30,35-36,45,47,51,53-55,85-87,96H,16-21,27H2,1-7H3,(H2,70,88)(H,71,89)(H,72,90)(H,79,91)(H,80,93)(H,81,92)/b48-29+. The number of carbonyl (C=O) groups is 8. The summed E-state index contributed by atoms with van der Waals surface area (Å²) in [6.07, 6.45) is -6.82. The molecule has 14 rings (SSSR count). The smallest absolute Gasteiger partial charge is 0.358 e. The van der Waals surface area contributed by atoms with Gasteiger partial charge in [-0.3, -0.25) is 38.6 Å². The zero-order valence-corrected chi connectivity index (χ0v) is 62.4. The Kier molecular flexibility index (Phi) is 21.0. The number of ether oxygens (including phenoxy) is 7. The number of nitrogens with one attached hydrogen (secondary N) is 5. The number of rotatable bonds is 12. The van der Waals surface area contributed by atoms with Gasteiger partial charge in [-0.05, 0) is 65.6 Å². The Morgan fingerprint density at radius 3 is 2.28 bits per heavy atom. The van der Waals surface area contributed by atoms with Crippen LogP contribution in [-0.2, 0) is 67.3 Å². The molecular weight excluding hydrogens is 1500 g/mol. The number of aromatic hydroxyl groups is 2. The molecule has 2 fully saturated rings. The Morgan fingerprint density at radius 1 is 0.824 bits per heavy atom. The van der Waals surface area contributed by atoms with Crippen molar-refractivity contribution in [2.24, 2.45) is 5.73 Å². The molecule has 7 aromatic heterocycles. The van der Waals surface area contributed by atoms with Gasteiger partial charge in [0, 0.05) is 68.5 Å². The minimum absolute atomic E-state index is 0.00771. The van der Waals surface area contributed by atoms with Gasteiger partial charge in [0.05, 0.1) is 49.8 Å². The van der Waals surface area contributed by atoms with E-state index in [0.29, 0.717) is 15.9 Å². The number of hydrogen-bond donors (Lipinski definition) is 10. The molecule has 6 amide bonds. The third-order valence-electron chi connectivity index (χ3n) is 18.8. The van der Waals surface area contributed by atoms with Crippen LogP contribution in [-0.4, -0.2) is 208 Å². The van der Waals surface area contributed by atoms with E-state index in [9.17, 15) is 39.7 Å². The summed E-state index contributed by atoms with van der Waals surface area (Å²) in [6, 6.07) is 6.44. The van der Waals surface area contributed by atoms with E-state index in [1.807, 2.05) is 25.8 Å². The van der Waals surface area contributed by atoms with Crippen molar-refractivity contribution in [3.05, 3.63) is 141 Å². The molecule has 108 heavy (non-hydrogen) atoms. The number of allylic oxidation sites excluding steroid dienone is 1. The molecule has 5 aliphatic heterocycles. The van der Waals surface area contributed by atoms with Crippen molar-refractivity contribution in [1.82, 2.24) is 71.0 Å². The molecule has 39 heteroatoms. The van der Waals surface area contributed by atoms with Crippen LogP contribution in [0.25, 0.3) is 49.3 Å². The minimum atomic E-state index is -1.85. The lowest BCUT2D eigenvalue weighted by molar-refractivity contribution is -0.268. The second-order valence-electron chi connectivity index (χ2n) is 26.3. The predicted octanol–water partition coefficient (Wildman–Crippen LogP) is 4.95. The summed E-state index contributed by atoms with van der Waals surface area (Å²) in [5.41, 5.74) is 4.24. The number of nitrogens with two attached hydrogens (primary N) is 1. The molecule has 0 radical (unpaired) electrons. The first-order valence-corrected chi connectivity index (χ1v) is 37.8. The van der Waals surface area contributed by atoms with Crippen LogP contribution in [0.2, 0.25) is 0 Å². The summed E-state index contributed by atoms with van der Waals surface area (Å²) < 4.78 is 45.1. The van der Waals surface area contributed by atoms with Gasteiger partial charge in [-0.2, -0.15) is 4.73 Å². The van der Waals surface area contributed by atoms with E-state index >= 15 is 19.2 Å². The molecule has 0 saturated carbocycles. The molecule has 12 heterocycles. The van der Waals surface area contributed by atoms with Crippen molar-refractivity contribution in [2.75, 3.05) is 41.1 Å². The third-order valence-corrected chi connectivity index (χ3v) is 23.3. The number of thiazole rings is 5. The van der Waals surface area contributed by atoms with Gasteiger partial charge in [0.15, 0.2) is 18.1 Å². The number of aliphatic hydroxyl groups is 1. The van der Waals surface area contributed by atoms with Crippen molar-refractivity contribution in [1.29, 1.82) is 0 Å². The Morgan fingerprint density at radius 2 is 1.52 bits per heavy atom. The van der Waals surface area contributed by atoms with Crippen LogP contribution >= 0.6 is 56.7 Å². The van der Waals surface area contributed by atoms with Crippen LogP contribution in [0.4, 0.5) is 0 Å². The number of likely N-dealkylation sites (N-methyl/N-ethyl adjacent to an activating group) is 2. The molecule has 5 aliphatic rings. The van der Waals surface area contributed by atoms with Crippen molar-refractivity contribution >= 4 is 121 Å². The Hall–Kier alpha value is -10.3. The Labute approximate surface area is 632 Å². The number of primary amides is 1. The van der Waals surface area contributed by atoms with Gasteiger partial charge in [-0.1, -0.05) is 30.3 Å². The number of para-hydroxylation sites is 1. The van der Waals surface area contributed by atoms with E-state index < -0.39 is 139 Å². The molecule has 0 aliphatic carbocycles. The molecule has 11 N–H and O–H groups in total. The number of hydrogen-bond acceptors (Lipinski definition) is 32. The molecule has 2 aromatic carbocycles. The maximum absolute atomic E-state index is 15.3. The molecule has 9 aromatic rings. The summed E-state index contributed by atoms with van der Waals surface area (Å²) in [5, 5.41) is 66.8. The van der Waals surface area contributed by atoms with Crippen molar-refractivity contribution in [3.63, 3.8) is 0 Å². The van der Waals surface area contributed by atoms with Crippen molar-refractivity contribution in [3.8, 4) is 44.2 Å². The molecular formula is C69H69N15O19S5. The third kappa shape index (κ3) is 14.7. The highest BCUT2D eigenvalue weighted by molar-refractivity contribution is 7.14. The number of fused-ring (bicyclic) bond motifs is 16. The largest absolute Gasteiger partial charge is 0.508 e. The normalized spacial score (nSPS) is 23.9. The lowest BCUT2D eigenvalue weighted by atomic mass is 9.86. The van der Waals surface area contributed by atoms with Gasteiger partial charge in [0.2, 0.25) is 11.8 Å². The van der Waals surface area contributed by atoms with Gasteiger partial charge in [0.25, 0.3) is 23.6 Å². The fourth-order valence-electron chi connectivity index (χ4n) is 13.5. The lowest BCUT2D eigenvalue weighted by Crippen LogP contribution is -2.58. The highest BCUT2D eigenvalue weighted by Gasteiger charge is 2.54. The van der Waals surface area contributed by atoms with Gasteiger partial charge in [-0.25, -0.2) is 39.5 Å². The van der Waals surface area contributed by atoms with Crippen LogP contribution in [0.3, 0.4) is 0 Å². The van der Waals surface area contributed by atoms with Crippen LogP contribution in [0, 0.1) is 0 Å². The van der Waals surface area contributed by atoms with Gasteiger partial charge in [-0.15, -0.1) is 56.7 Å². The fourth-order valence-corrected chi connectivity index (χ4v) is 17.7. The number of pyridine rings is 1. The number of cyclic esters (lactones) is 2. The van der Waals surface area contributed by atoms with Gasteiger partial charge in [0.1, 0.15) is 131 Å². The van der Waals surface area contributed by atoms with E-state index in [4.69, 9.17) is 53.8 Å². The zero-order valence-electron chi connectivity index (χ0n) is 58.3. The molecule has 0 spiro atoms. The Balaban J connectivity index is 0.895. The lowest BCUT2D eigenvalue weighted by Gasteiger charge is -2.45. The number of phenolic OH excluding ortho intramolecular Hbond substituents is 1. The number of benzene rings is 2. The quantitative estimate of drug-likeness (QED) is 0.0439. The van der Waals surface area contributed by atoms with Crippen LogP contribution < -0.4 is 32.3 Å². The second kappa shape index (κ2) is 30.4. The fraction of sp³-hybridized carbons (Fsp3) is 0.362. The van der Waals surface area contributed by atoms with Crippen molar-refractivity contribution in [2.45, 2.75) is 120 Å². The first-order valence-electron chi connectivity index (χ1n) is 33.4. The first kappa shape index (κ1) is 74.6. The van der Waals surface area contributed by atoms with Crippen LogP contribution in [0.5, 0.6) is 11.5 Å². The number of nitrogens with zero attached hydrogens (tertiary/aromatic N) is 9. The SMILES string of the molecule is CO/C(C)=C1/NC(=O)C(C(C)O)NC(=O)c2csc(n2)-c2cc(O)c(-c3nc(C(=O)NC(CN(C)Cc4ccccc4O)C(N)=O)cs3)nc2-c2csc(n2)C2COC(=O)c3c4c5c(cccc5n3O)COC(=O)C(OC3CC5(C)OCN(C)C5C(C)O3)C(OC4)C(NC(=O)c3csc1n3)c1nc(cs1)C(=O)N2. The number of esters is 2. The highest BCUT2D eigenvalue weighted by atomic mass is 32.1. The number of carbonyl (C=O) groups excluding carboxylic acids is 8. The van der Waals surface area contributed by atoms with E-state index in [1.165, 1.54) is 66.1 Å².